The lowest BCUT2D eigenvalue weighted by atomic mass is 10.2. The highest BCUT2D eigenvalue weighted by Crippen LogP contribution is 1.98. The minimum absolute atomic E-state index is 0.682. The lowest BCUT2D eigenvalue weighted by Gasteiger charge is -1.99. The van der Waals surface area contributed by atoms with Crippen LogP contribution < -0.4 is 5.73 Å². The molecule has 0 radical (unpaired) electrons. The summed E-state index contributed by atoms with van der Waals surface area (Å²) in [6.45, 7) is 2.81. The smallest absolute Gasteiger partial charge is 0.151 e. The van der Waals surface area contributed by atoms with Crippen LogP contribution in [0.5, 0.6) is 0 Å². The van der Waals surface area contributed by atoms with Crippen molar-refractivity contribution >= 4 is 0 Å². The minimum atomic E-state index is 0.682. The van der Waals surface area contributed by atoms with E-state index in [9.17, 15) is 0 Å². The van der Waals surface area contributed by atoms with E-state index in [1.54, 1.807) is 6.20 Å². The van der Waals surface area contributed by atoms with Gasteiger partial charge >= 0.3 is 0 Å². The van der Waals surface area contributed by atoms with Gasteiger partial charge in [0.1, 0.15) is 0 Å². The Labute approximate surface area is 78.6 Å². The van der Waals surface area contributed by atoms with Crippen molar-refractivity contribution in [3.05, 3.63) is 17.7 Å². The number of aryl methyl sites for hydroxylation is 2. The fraction of sp³-hybridized carbons (Fsp3) is 0.667. The maximum absolute atomic E-state index is 5.40. The quantitative estimate of drug-likeness (QED) is 0.725. The fourth-order valence-electron chi connectivity index (χ4n) is 1.12. The molecule has 0 atom stereocenters. The third-order valence-corrected chi connectivity index (χ3v) is 1.76. The van der Waals surface area contributed by atoms with Crippen LogP contribution in [0.25, 0.3) is 0 Å². The van der Waals surface area contributed by atoms with Gasteiger partial charge in [0.05, 0.1) is 11.9 Å². The van der Waals surface area contributed by atoms with Crippen LogP contribution in [-0.4, -0.2) is 21.7 Å². The monoisotopic (exact) mass is 180 g/mol. The molecule has 4 heteroatoms. The summed E-state index contributed by atoms with van der Waals surface area (Å²) in [7, 11) is 0. The highest BCUT2D eigenvalue weighted by molar-refractivity contribution is 4.96. The Morgan fingerprint density at radius 3 is 2.92 bits per heavy atom. The first kappa shape index (κ1) is 10.1. The first-order valence-corrected chi connectivity index (χ1v) is 4.74. The fourth-order valence-corrected chi connectivity index (χ4v) is 1.12. The molecule has 0 fully saturated rings. The van der Waals surface area contributed by atoms with Crippen LogP contribution in [0.4, 0.5) is 0 Å². The van der Waals surface area contributed by atoms with Crippen molar-refractivity contribution in [2.75, 3.05) is 6.54 Å². The Bertz CT molecular complexity index is 249. The van der Waals surface area contributed by atoms with E-state index in [-0.39, 0.29) is 0 Å². The molecule has 1 heterocycles. The van der Waals surface area contributed by atoms with E-state index in [0.717, 1.165) is 37.2 Å². The Balaban J connectivity index is 2.56. The van der Waals surface area contributed by atoms with Gasteiger partial charge in [-0.1, -0.05) is 13.3 Å². The number of nitrogens with two attached hydrogens (primary N) is 1. The summed E-state index contributed by atoms with van der Waals surface area (Å²) in [4.78, 5) is 4.37. The molecule has 1 aromatic heterocycles. The maximum atomic E-state index is 5.40. The number of hydrogen-bond acceptors (Lipinski definition) is 4. The van der Waals surface area contributed by atoms with Crippen molar-refractivity contribution in [2.24, 2.45) is 5.73 Å². The molecule has 0 aromatic carbocycles. The highest BCUT2D eigenvalue weighted by atomic mass is 15.1. The SMILES string of the molecule is CCCc1cnnc(CCCN)n1. The molecule has 0 unspecified atom stereocenters. The van der Waals surface area contributed by atoms with Crippen LogP contribution in [0.2, 0.25) is 0 Å². The molecule has 0 aliphatic heterocycles. The van der Waals surface area contributed by atoms with Gasteiger partial charge in [0, 0.05) is 6.42 Å². The molecule has 1 aromatic rings. The van der Waals surface area contributed by atoms with Crippen LogP contribution in [-0.2, 0) is 12.8 Å². The van der Waals surface area contributed by atoms with Crippen molar-refractivity contribution in [1.82, 2.24) is 15.2 Å². The highest BCUT2D eigenvalue weighted by Gasteiger charge is 1.98. The zero-order valence-electron chi connectivity index (χ0n) is 8.03. The summed E-state index contributed by atoms with van der Waals surface area (Å²) in [5.41, 5.74) is 6.43. The molecule has 0 spiro atoms. The Morgan fingerprint density at radius 2 is 2.23 bits per heavy atom. The Kier molecular flexibility index (Phi) is 4.32. The predicted octanol–water partition coefficient (Wildman–Crippen LogP) is 0.715. The molecular weight excluding hydrogens is 164 g/mol. The molecule has 0 aliphatic rings. The zero-order valence-corrected chi connectivity index (χ0v) is 8.03. The second-order valence-electron chi connectivity index (χ2n) is 3.01. The van der Waals surface area contributed by atoms with Crippen LogP contribution in [0.15, 0.2) is 6.20 Å². The topological polar surface area (TPSA) is 64.7 Å². The van der Waals surface area contributed by atoms with Gasteiger partial charge in [-0.15, -0.1) is 5.10 Å². The molecule has 72 valence electrons. The van der Waals surface area contributed by atoms with E-state index in [1.165, 1.54) is 0 Å². The van der Waals surface area contributed by atoms with Crippen molar-refractivity contribution in [3.8, 4) is 0 Å². The van der Waals surface area contributed by atoms with Gasteiger partial charge in [0.25, 0.3) is 0 Å². The third kappa shape index (κ3) is 3.46. The summed E-state index contributed by atoms with van der Waals surface area (Å²) in [6.07, 6.45) is 5.56. The van der Waals surface area contributed by atoms with E-state index in [0.29, 0.717) is 6.54 Å². The third-order valence-electron chi connectivity index (χ3n) is 1.76. The van der Waals surface area contributed by atoms with Crippen LogP contribution in [0.3, 0.4) is 0 Å². The van der Waals surface area contributed by atoms with Crippen molar-refractivity contribution < 1.29 is 0 Å². The molecule has 1 rings (SSSR count). The van der Waals surface area contributed by atoms with Crippen molar-refractivity contribution in [3.63, 3.8) is 0 Å². The molecule has 0 saturated heterocycles. The van der Waals surface area contributed by atoms with E-state index < -0.39 is 0 Å². The second-order valence-corrected chi connectivity index (χ2v) is 3.01. The summed E-state index contributed by atoms with van der Waals surface area (Å²) in [5.74, 6) is 0.816. The van der Waals surface area contributed by atoms with Gasteiger partial charge < -0.3 is 5.73 Å². The normalized spacial score (nSPS) is 10.3. The van der Waals surface area contributed by atoms with Crippen LogP contribution in [0.1, 0.15) is 31.3 Å². The summed E-state index contributed by atoms with van der Waals surface area (Å²) < 4.78 is 0. The standard InChI is InChI=1S/C9H16N4/c1-2-4-8-7-11-13-9(12-8)5-3-6-10/h7H,2-6,10H2,1H3. The lowest BCUT2D eigenvalue weighted by molar-refractivity contribution is 0.726. The van der Waals surface area contributed by atoms with Gasteiger partial charge in [-0.05, 0) is 19.4 Å². The van der Waals surface area contributed by atoms with Crippen LogP contribution in [0, 0.1) is 0 Å². The number of aromatic nitrogens is 3. The van der Waals surface area contributed by atoms with E-state index in [2.05, 4.69) is 22.1 Å². The average Bonchev–Trinajstić information content (AvgIpc) is 2.16. The zero-order chi connectivity index (χ0) is 9.52. The van der Waals surface area contributed by atoms with Gasteiger partial charge in [-0.3, -0.25) is 0 Å². The first-order chi connectivity index (χ1) is 6.36. The molecule has 2 N–H and O–H groups in total. The largest absolute Gasteiger partial charge is 0.330 e. The van der Waals surface area contributed by atoms with Crippen molar-refractivity contribution in [1.29, 1.82) is 0 Å². The van der Waals surface area contributed by atoms with E-state index in [1.807, 2.05) is 0 Å². The molecule has 0 aliphatic carbocycles. The Hall–Kier alpha value is -1.03. The molecule has 0 amide bonds. The van der Waals surface area contributed by atoms with E-state index in [4.69, 9.17) is 5.73 Å². The summed E-state index contributed by atoms with van der Waals surface area (Å²) >= 11 is 0. The predicted molar refractivity (Wildman–Crippen MR) is 51.2 cm³/mol. The Morgan fingerprint density at radius 1 is 1.38 bits per heavy atom. The van der Waals surface area contributed by atoms with Crippen LogP contribution >= 0.6 is 0 Å². The van der Waals surface area contributed by atoms with Gasteiger partial charge in [0.2, 0.25) is 0 Å². The first-order valence-electron chi connectivity index (χ1n) is 4.74. The second kappa shape index (κ2) is 5.59. The minimum Gasteiger partial charge on any atom is -0.330 e. The van der Waals surface area contributed by atoms with E-state index >= 15 is 0 Å². The summed E-state index contributed by atoms with van der Waals surface area (Å²) in [6, 6.07) is 0. The molecular formula is C9H16N4. The van der Waals surface area contributed by atoms with Crippen molar-refractivity contribution in [2.45, 2.75) is 32.6 Å². The molecule has 0 saturated carbocycles. The lowest BCUT2D eigenvalue weighted by Crippen LogP contribution is -2.05. The molecule has 4 nitrogen and oxygen atoms in total. The molecule has 13 heavy (non-hydrogen) atoms. The average molecular weight is 180 g/mol. The molecule has 0 bridgehead atoms. The van der Waals surface area contributed by atoms with Gasteiger partial charge in [0.15, 0.2) is 5.82 Å². The van der Waals surface area contributed by atoms with Gasteiger partial charge in [-0.2, -0.15) is 5.10 Å². The maximum Gasteiger partial charge on any atom is 0.151 e. The number of hydrogen-bond donors (Lipinski definition) is 1. The number of nitrogens with zero attached hydrogens (tertiary/aromatic N) is 3. The number of rotatable bonds is 5. The van der Waals surface area contributed by atoms with Gasteiger partial charge in [-0.25, -0.2) is 4.98 Å². The summed E-state index contributed by atoms with van der Waals surface area (Å²) in [5, 5.41) is 7.85.